The van der Waals surface area contributed by atoms with Crippen LogP contribution in [-0.4, -0.2) is 18.1 Å². The lowest BCUT2D eigenvalue weighted by Gasteiger charge is -2.17. The normalized spacial score (nSPS) is 10.2. The molecule has 56 valence electrons. The molecule has 0 heterocycles. The van der Waals surface area contributed by atoms with Crippen LogP contribution in [0.3, 0.4) is 0 Å². The lowest BCUT2D eigenvalue weighted by Crippen LogP contribution is -2.24. The summed E-state index contributed by atoms with van der Waals surface area (Å²) < 4.78 is 4.83. The van der Waals surface area contributed by atoms with E-state index in [-0.39, 0.29) is 6.54 Å². The van der Waals surface area contributed by atoms with Crippen LogP contribution in [0.2, 0.25) is 0 Å². The standard InChI is InChI=1S/C7H11NO2/c1-7(2,3)10-6(9)5-8-4/h5H2,1-3H3. The van der Waals surface area contributed by atoms with Crippen LogP contribution in [-0.2, 0) is 9.53 Å². The largest absolute Gasteiger partial charge is 0.454 e. The zero-order chi connectivity index (χ0) is 8.20. The molecule has 0 aromatic rings. The first-order chi connectivity index (χ1) is 4.45. The summed E-state index contributed by atoms with van der Waals surface area (Å²) in [5.41, 5.74) is -0.470. The molecule has 0 N–H and O–H groups in total. The third-order valence-corrected chi connectivity index (χ3v) is 0.628. The summed E-state index contributed by atoms with van der Waals surface area (Å²) in [4.78, 5) is 13.5. The fraction of sp³-hybridized carbons (Fsp3) is 0.714. The maximum absolute atomic E-state index is 10.6. The van der Waals surface area contributed by atoms with Crippen molar-refractivity contribution in [3.63, 3.8) is 0 Å². The highest BCUT2D eigenvalue weighted by atomic mass is 16.6. The van der Waals surface area contributed by atoms with Gasteiger partial charge in [0, 0.05) is 0 Å². The van der Waals surface area contributed by atoms with Gasteiger partial charge in [0.25, 0.3) is 0 Å². The molecule has 0 aromatic heterocycles. The average Bonchev–Trinajstić information content (AvgIpc) is 1.59. The van der Waals surface area contributed by atoms with Crippen LogP contribution in [0, 0.1) is 6.57 Å². The topological polar surface area (TPSA) is 30.7 Å². The van der Waals surface area contributed by atoms with Crippen molar-refractivity contribution in [1.82, 2.24) is 0 Å². The van der Waals surface area contributed by atoms with Crippen LogP contribution < -0.4 is 0 Å². The van der Waals surface area contributed by atoms with Crippen molar-refractivity contribution < 1.29 is 9.53 Å². The minimum absolute atomic E-state index is 0.183. The van der Waals surface area contributed by atoms with Crippen molar-refractivity contribution in [1.29, 1.82) is 0 Å². The van der Waals surface area contributed by atoms with Crippen molar-refractivity contribution in [3.8, 4) is 0 Å². The van der Waals surface area contributed by atoms with Gasteiger partial charge in [-0.2, -0.15) is 0 Å². The number of hydrogen-bond acceptors (Lipinski definition) is 2. The summed E-state index contributed by atoms with van der Waals surface area (Å²) >= 11 is 0. The average molecular weight is 141 g/mol. The SMILES string of the molecule is [C-]#[N+]CC(=O)OC(C)(C)C. The summed E-state index contributed by atoms with van der Waals surface area (Å²) in [6, 6.07) is 0. The molecule has 0 saturated heterocycles. The van der Waals surface area contributed by atoms with Crippen LogP contribution in [0.25, 0.3) is 4.85 Å². The number of nitrogens with zero attached hydrogens (tertiary/aromatic N) is 1. The minimum atomic E-state index is -0.470. The first-order valence-corrected chi connectivity index (χ1v) is 3.01. The summed E-state index contributed by atoms with van der Waals surface area (Å²) in [5.74, 6) is -0.456. The van der Waals surface area contributed by atoms with Crippen molar-refractivity contribution in [2.45, 2.75) is 26.4 Å². The molecule has 0 aliphatic carbocycles. The molecule has 0 fully saturated rings. The molecule has 0 radical (unpaired) electrons. The zero-order valence-electron chi connectivity index (χ0n) is 6.47. The van der Waals surface area contributed by atoms with Gasteiger partial charge in [-0.25, -0.2) is 11.4 Å². The summed E-state index contributed by atoms with van der Waals surface area (Å²) in [6.07, 6.45) is 0. The maximum Gasteiger partial charge on any atom is 0.387 e. The molecule has 10 heavy (non-hydrogen) atoms. The molecule has 0 aliphatic rings. The first kappa shape index (κ1) is 8.96. The number of carbonyl (C=O) groups is 1. The third kappa shape index (κ3) is 5.10. The van der Waals surface area contributed by atoms with E-state index in [2.05, 4.69) is 4.85 Å². The van der Waals surface area contributed by atoms with E-state index in [9.17, 15) is 4.79 Å². The van der Waals surface area contributed by atoms with Crippen molar-refractivity contribution >= 4 is 5.97 Å². The van der Waals surface area contributed by atoms with Crippen LogP contribution in [0.15, 0.2) is 0 Å². The second kappa shape index (κ2) is 3.21. The lowest BCUT2D eigenvalue weighted by atomic mass is 10.2. The quantitative estimate of drug-likeness (QED) is 0.406. The van der Waals surface area contributed by atoms with E-state index in [0.717, 1.165) is 0 Å². The fourth-order valence-corrected chi connectivity index (χ4v) is 0.438. The van der Waals surface area contributed by atoms with Crippen LogP contribution in [0.1, 0.15) is 20.8 Å². The summed E-state index contributed by atoms with van der Waals surface area (Å²) in [5, 5.41) is 0. The minimum Gasteiger partial charge on any atom is -0.454 e. The molecule has 0 spiro atoms. The first-order valence-electron chi connectivity index (χ1n) is 3.01. The van der Waals surface area contributed by atoms with Gasteiger partial charge in [-0.15, -0.1) is 0 Å². The molecule has 0 saturated carbocycles. The molecule has 0 aromatic carbocycles. The van der Waals surface area contributed by atoms with E-state index < -0.39 is 11.6 Å². The number of esters is 1. The molecular weight excluding hydrogens is 130 g/mol. The molecular formula is C7H11NO2. The van der Waals surface area contributed by atoms with Gasteiger partial charge in [0.1, 0.15) is 5.60 Å². The van der Waals surface area contributed by atoms with Crippen molar-refractivity contribution in [3.05, 3.63) is 11.4 Å². The van der Waals surface area contributed by atoms with E-state index in [1.165, 1.54) is 0 Å². The predicted octanol–water partition coefficient (Wildman–Crippen LogP) is 1.25. The van der Waals surface area contributed by atoms with Gasteiger partial charge in [-0.1, -0.05) is 0 Å². The Balaban J connectivity index is 3.72. The maximum atomic E-state index is 10.6. The Labute approximate surface area is 60.8 Å². The Hall–Kier alpha value is -1.04. The summed E-state index contributed by atoms with van der Waals surface area (Å²) in [7, 11) is 0. The smallest absolute Gasteiger partial charge is 0.387 e. The Bertz CT molecular complexity index is 161. The Morgan fingerprint density at radius 1 is 1.60 bits per heavy atom. The van der Waals surface area contributed by atoms with E-state index >= 15 is 0 Å². The second-order valence-electron chi connectivity index (χ2n) is 2.90. The molecule has 0 rings (SSSR count). The van der Waals surface area contributed by atoms with E-state index in [4.69, 9.17) is 11.3 Å². The van der Waals surface area contributed by atoms with Gasteiger partial charge >= 0.3 is 12.5 Å². The molecule has 0 atom stereocenters. The molecule has 0 unspecified atom stereocenters. The molecule has 0 aliphatic heterocycles. The van der Waals surface area contributed by atoms with Gasteiger partial charge in [0.15, 0.2) is 0 Å². The zero-order valence-corrected chi connectivity index (χ0v) is 6.47. The van der Waals surface area contributed by atoms with Crippen molar-refractivity contribution in [2.75, 3.05) is 6.54 Å². The molecule has 0 bridgehead atoms. The Morgan fingerprint density at radius 3 is 2.40 bits per heavy atom. The Kier molecular flexibility index (Phi) is 2.88. The second-order valence-corrected chi connectivity index (χ2v) is 2.90. The van der Waals surface area contributed by atoms with Gasteiger partial charge in [0.05, 0.1) is 0 Å². The van der Waals surface area contributed by atoms with Gasteiger partial charge in [-0.05, 0) is 20.8 Å². The highest BCUT2D eigenvalue weighted by molar-refractivity contribution is 5.73. The lowest BCUT2D eigenvalue weighted by molar-refractivity contribution is -0.152. The fourth-order valence-electron chi connectivity index (χ4n) is 0.438. The van der Waals surface area contributed by atoms with E-state index in [1.54, 1.807) is 20.8 Å². The molecule has 3 heteroatoms. The van der Waals surface area contributed by atoms with Crippen LogP contribution in [0.4, 0.5) is 0 Å². The van der Waals surface area contributed by atoms with Crippen LogP contribution >= 0.6 is 0 Å². The van der Waals surface area contributed by atoms with Crippen molar-refractivity contribution in [2.24, 2.45) is 0 Å². The molecule has 3 nitrogen and oxygen atoms in total. The number of carbonyl (C=O) groups excluding carboxylic acids is 1. The van der Waals surface area contributed by atoms with Gasteiger partial charge in [0.2, 0.25) is 0 Å². The predicted molar refractivity (Wildman–Crippen MR) is 37.3 cm³/mol. The highest BCUT2D eigenvalue weighted by Gasteiger charge is 2.17. The van der Waals surface area contributed by atoms with E-state index in [0.29, 0.717) is 0 Å². The highest BCUT2D eigenvalue weighted by Crippen LogP contribution is 2.06. The third-order valence-electron chi connectivity index (χ3n) is 0.628. The molecule has 0 amide bonds. The van der Waals surface area contributed by atoms with Crippen LogP contribution in [0.5, 0.6) is 0 Å². The number of ether oxygens (including phenoxy) is 1. The Morgan fingerprint density at radius 2 is 2.10 bits per heavy atom. The number of rotatable bonds is 1. The summed E-state index contributed by atoms with van der Waals surface area (Å²) in [6.45, 7) is 11.5. The van der Waals surface area contributed by atoms with Gasteiger partial charge in [-0.3, -0.25) is 0 Å². The number of hydrogen-bond donors (Lipinski definition) is 0. The van der Waals surface area contributed by atoms with E-state index in [1.807, 2.05) is 0 Å². The monoisotopic (exact) mass is 141 g/mol. The van der Waals surface area contributed by atoms with Gasteiger partial charge < -0.3 is 9.58 Å².